The summed E-state index contributed by atoms with van der Waals surface area (Å²) < 4.78 is 25.3. The lowest BCUT2D eigenvalue weighted by Crippen LogP contribution is -2.70. The Kier molecular flexibility index (Phi) is 7.03. The largest absolute Gasteiger partial charge is 0.399 e. The summed E-state index contributed by atoms with van der Waals surface area (Å²) in [4.78, 5) is 5.24. The van der Waals surface area contributed by atoms with E-state index >= 15 is 0 Å². The van der Waals surface area contributed by atoms with Gasteiger partial charge in [-0.25, -0.2) is 0 Å². The van der Waals surface area contributed by atoms with Crippen LogP contribution in [-0.4, -0.2) is 59.0 Å². The lowest BCUT2D eigenvalue weighted by Gasteiger charge is -2.47. The monoisotopic (exact) mass is 465 g/mol. The van der Waals surface area contributed by atoms with E-state index < -0.39 is 26.8 Å². The molecule has 2 aliphatic heterocycles. The minimum atomic E-state index is -2.88. The summed E-state index contributed by atoms with van der Waals surface area (Å²) in [5.74, 6) is 2.51. The van der Waals surface area contributed by atoms with Crippen LogP contribution in [0.25, 0.3) is 0 Å². The highest BCUT2D eigenvalue weighted by Gasteiger charge is 2.57. The minimum absolute atomic E-state index is 0.104. The van der Waals surface area contributed by atoms with E-state index in [0.29, 0.717) is 12.3 Å². The molecule has 33 heavy (non-hydrogen) atoms. The lowest BCUT2D eigenvalue weighted by atomic mass is 10.0. The van der Waals surface area contributed by atoms with Crippen LogP contribution in [0, 0.1) is 12.3 Å². The Balaban J connectivity index is 1.86. The molecule has 4 rings (SSSR count). The number of ether oxygens (including phenoxy) is 3. The molecule has 0 saturated carbocycles. The second-order valence-electron chi connectivity index (χ2n) is 9.21. The van der Waals surface area contributed by atoms with E-state index in [1.807, 2.05) is 12.1 Å². The van der Waals surface area contributed by atoms with Crippen LogP contribution in [0.1, 0.15) is 20.8 Å². The number of hydrogen-bond donors (Lipinski definition) is 0. The number of fused-ring (bicyclic) bond motifs is 2. The fourth-order valence-corrected chi connectivity index (χ4v) is 9.45. The summed E-state index contributed by atoms with van der Waals surface area (Å²) in [5, 5.41) is 6.48. The summed E-state index contributed by atoms with van der Waals surface area (Å²) in [6.07, 6.45) is 3.42. The predicted octanol–water partition coefficient (Wildman–Crippen LogP) is 2.71. The van der Waals surface area contributed by atoms with Crippen molar-refractivity contribution in [3.63, 3.8) is 0 Å². The first-order valence-electron chi connectivity index (χ1n) is 11.1. The summed E-state index contributed by atoms with van der Waals surface area (Å²) in [6, 6.07) is 20.9. The molecule has 0 radical (unpaired) electrons. The molecule has 2 aromatic rings. The molecule has 2 aliphatic rings. The van der Waals surface area contributed by atoms with E-state index in [0.717, 1.165) is 0 Å². The molecule has 2 bridgehead atoms. The quantitative estimate of drug-likeness (QED) is 0.358. The molecule has 6 nitrogen and oxygen atoms in total. The number of terminal acetylenes is 1. The number of rotatable bonds is 7. The lowest BCUT2D eigenvalue weighted by molar-refractivity contribution is -0.146. The van der Waals surface area contributed by atoms with Gasteiger partial charge in [0.2, 0.25) is 0 Å². The molecule has 0 spiro atoms. The van der Waals surface area contributed by atoms with Crippen molar-refractivity contribution in [2.75, 3.05) is 20.3 Å². The Morgan fingerprint density at radius 2 is 1.64 bits per heavy atom. The number of hydrogen-bond acceptors (Lipinski definition) is 6. The van der Waals surface area contributed by atoms with Gasteiger partial charge in [-0.05, 0) is 15.4 Å². The van der Waals surface area contributed by atoms with Crippen molar-refractivity contribution >= 4 is 24.4 Å². The van der Waals surface area contributed by atoms with Gasteiger partial charge in [0, 0.05) is 0 Å². The minimum Gasteiger partial charge on any atom is -0.399 e. The average Bonchev–Trinajstić information content (AvgIpc) is 3.25. The normalized spacial score (nSPS) is 26.2. The Bertz CT molecular complexity index is 959. The van der Waals surface area contributed by atoms with Crippen LogP contribution < -0.4 is 10.4 Å². The molecule has 2 fully saturated rings. The molecule has 4 atom stereocenters. The third-order valence-corrected chi connectivity index (χ3v) is 11.2. The van der Waals surface area contributed by atoms with Crippen molar-refractivity contribution in [3.8, 4) is 12.3 Å². The van der Waals surface area contributed by atoms with Crippen LogP contribution >= 0.6 is 0 Å². The van der Waals surface area contributed by atoms with Gasteiger partial charge in [-0.15, -0.1) is 6.42 Å². The van der Waals surface area contributed by atoms with Gasteiger partial charge in [0.15, 0.2) is 12.4 Å². The Hall–Kier alpha value is -2.47. The zero-order valence-corrected chi connectivity index (χ0v) is 20.6. The highest BCUT2D eigenvalue weighted by atomic mass is 28.4. The van der Waals surface area contributed by atoms with Crippen molar-refractivity contribution in [3.05, 3.63) is 60.7 Å². The number of oxime groups is 1. The molecule has 0 unspecified atom stereocenters. The van der Waals surface area contributed by atoms with Gasteiger partial charge >= 0.3 is 0 Å². The van der Waals surface area contributed by atoms with Crippen molar-refractivity contribution in [2.45, 2.75) is 50.4 Å². The van der Waals surface area contributed by atoms with Gasteiger partial charge in [0.25, 0.3) is 8.32 Å². The van der Waals surface area contributed by atoms with Crippen LogP contribution in [-0.2, 0) is 23.5 Å². The van der Waals surface area contributed by atoms with Crippen LogP contribution in [0.3, 0.4) is 0 Å². The van der Waals surface area contributed by atoms with Crippen LogP contribution in [0.5, 0.6) is 0 Å². The first-order chi connectivity index (χ1) is 15.9. The molecular formula is C26H31NO5Si. The first kappa shape index (κ1) is 23.7. The maximum Gasteiger partial charge on any atom is 0.262 e. The van der Waals surface area contributed by atoms with Crippen LogP contribution in [0.2, 0.25) is 5.04 Å². The Morgan fingerprint density at radius 1 is 1.03 bits per heavy atom. The zero-order chi connectivity index (χ0) is 23.5. The van der Waals surface area contributed by atoms with Gasteiger partial charge in [-0.1, -0.05) is 92.5 Å². The molecular weight excluding hydrogens is 434 g/mol. The van der Waals surface area contributed by atoms with E-state index in [1.54, 1.807) is 0 Å². The van der Waals surface area contributed by atoms with Crippen LogP contribution in [0.4, 0.5) is 0 Å². The van der Waals surface area contributed by atoms with Crippen molar-refractivity contribution in [1.29, 1.82) is 0 Å². The molecule has 7 heteroatoms. The molecule has 2 aromatic carbocycles. The number of nitrogens with zero attached hydrogens (tertiary/aromatic N) is 1. The molecule has 0 N–H and O–H groups in total. The van der Waals surface area contributed by atoms with Crippen LogP contribution in [0.15, 0.2) is 65.8 Å². The van der Waals surface area contributed by atoms with E-state index in [1.165, 1.54) is 17.5 Å². The third kappa shape index (κ3) is 4.37. The molecule has 0 amide bonds. The zero-order valence-electron chi connectivity index (χ0n) is 19.6. The number of benzene rings is 2. The average molecular weight is 466 g/mol. The maximum absolute atomic E-state index is 7.31. The highest BCUT2D eigenvalue weighted by molar-refractivity contribution is 6.99. The predicted molar refractivity (Wildman–Crippen MR) is 130 cm³/mol. The summed E-state index contributed by atoms with van der Waals surface area (Å²) >= 11 is 0. The van der Waals surface area contributed by atoms with Crippen molar-refractivity contribution in [2.24, 2.45) is 5.16 Å². The maximum atomic E-state index is 7.31. The fraction of sp³-hybridized carbons (Fsp3) is 0.423. The molecule has 2 saturated heterocycles. The van der Waals surface area contributed by atoms with Gasteiger partial charge in [-0.3, -0.25) is 0 Å². The fourth-order valence-electron chi connectivity index (χ4n) is 4.78. The molecule has 2 heterocycles. The Labute approximate surface area is 197 Å². The van der Waals surface area contributed by atoms with Gasteiger partial charge in [-0.2, -0.15) is 0 Å². The topological polar surface area (TPSA) is 58.5 Å². The van der Waals surface area contributed by atoms with Crippen molar-refractivity contribution < 1.29 is 23.5 Å². The van der Waals surface area contributed by atoms with E-state index in [2.05, 4.69) is 80.4 Å². The molecule has 0 aromatic heterocycles. The highest BCUT2D eigenvalue weighted by Crippen LogP contribution is 2.40. The SMILES string of the molecule is C#CCO[C@H]1/C(=N\OC)[C@H](O[Si](c2ccccc2)(c2ccccc2)C(C)(C)C)[C@H]2CO[C@@H]1O2. The van der Waals surface area contributed by atoms with E-state index in [-0.39, 0.29) is 17.7 Å². The third-order valence-electron chi connectivity index (χ3n) is 6.17. The van der Waals surface area contributed by atoms with Crippen molar-refractivity contribution in [1.82, 2.24) is 0 Å². The second-order valence-corrected chi connectivity index (χ2v) is 13.5. The molecule has 174 valence electrons. The molecule has 0 aliphatic carbocycles. The summed E-state index contributed by atoms with van der Waals surface area (Å²) in [5.41, 5.74) is 0.611. The first-order valence-corrected chi connectivity index (χ1v) is 13.0. The van der Waals surface area contributed by atoms with Gasteiger partial charge < -0.3 is 23.5 Å². The van der Waals surface area contributed by atoms with Gasteiger partial charge in [0.05, 0.1) is 6.61 Å². The van der Waals surface area contributed by atoms with E-state index in [4.69, 9.17) is 29.9 Å². The second kappa shape index (κ2) is 9.80. The Morgan fingerprint density at radius 3 is 2.15 bits per heavy atom. The summed E-state index contributed by atoms with van der Waals surface area (Å²) in [7, 11) is -1.36. The smallest absolute Gasteiger partial charge is 0.262 e. The standard InChI is InChI=1S/C26H31NO5Si/c1-6-17-29-24-22(27-28-5)23(21-18-30-25(24)31-21)32-33(26(2,3)4,19-13-9-7-10-14-19)20-15-11-8-12-16-20/h1,7-16,21,23-25H,17-18H2,2-5H3/b27-22-/t21-,23-,24+,25-/m1/s1. The van der Waals surface area contributed by atoms with Gasteiger partial charge in [0.1, 0.15) is 31.6 Å². The summed E-state index contributed by atoms with van der Waals surface area (Å²) in [6.45, 7) is 7.18. The van der Waals surface area contributed by atoms with E-state index in [9.17, 15) is 0 Å².